The lowest BCUT2D eigenvalue weighted by molar-refractivity contribution is -0.0170. The van der Waals surface area contributed by atoms with E-state index in [1.165, 1.54) is 21.7 Å². The fourth-order valence-corrected chi connectivity index (χ4v) is 6.17. The topological polar surface area (TPSA) is 66.8 Å². The number of aliphatic hydroxyl groups excluding tert-OH is 1. The number of rotatable bonds is 3. The number of morpholine rings is 1. The Balaban J connectivity index is 2.37. The minimum absolute atomic E-state index is 0.110. The second-order valence-electron chi connectivity index (χ2n) is 4.58. The van der Waals surface area contributed by atoms with E-state index in [1.807, 2.05) is 13.8 Å². The van der Waals surface area contributed by atoms with Gasteiger partial charge in [-0.05, 0) is 35.8 Å². The van der Waals surface area contributed by atoms with Gasteiger partial charge in [0.2, 0.25) is 10.0 Å². The van der Waals surface area contributed by atoms with Crippen molar-refractivity contribution in [2.24, 2.45) is 0 Å². The van der Waals surface area contributed by atoms with Crippen molar-refractivity contribution in [3.8, 4) is 0 Å². The lowest BCUT2D eigenvalue weighted by atomic mass is 10.2. The Morgan fingerprint density at radius 3 is 2.84 bits per heavy atom. The molecule has 1 aromatic heterocycles. The number of halogens is 1. The number of hydrogen-bond acceptors (Lipinski definition) is 5. The SMILES string of the molecule is CC1CN(S(=O)(=O)c2cc(CO)sc2Br)C(C)CO1. The molecule has 0 spiro atoms. The first kappa shape index (κ1) is 15.4. The molecule has 1 aliphatic rings. The fraction of sp³-hybridized carbons (Fsp3) is 0.636. The van der Waals surface area contributed by atoms with Crippen LogP contribution in [0.3, 0.4) is 0 Å². The third kappa shape index (κ3) is 3.03. The van der Waals surface area contributed by atoms with Crippen molar-refractivity contribution in [2.45, 2.75) is 37.5 Å². The highest BCUT2D eigenvalue weighted by Crippen LogP contribution is 2.34. The molecule has 1 saturated heterocycles. The first-order chi connectivity index (χ1) is 8.86. The zero-order valence-corrected chi connectivity index (χ0v) is 13.9. The average Bonchev–Trinajstić information content (AvgIpc) is 2.74. The molecule has 0 radical (unpaired) electrons. The van der Waals surface area contributed by atoms with Gasteiger partial charge in [-0.25, -0.2) is 8.42 Å². The lowest BCUT2D eigenvalue weighted by Gasteiger charge is -2.35. The molecule has 2 heterocycles. The number of aliphatic hydroxyl groups is 1. The van der Waals surface area contributed by atoms with Gasteiger partial charge in [0, 0.05) is 17.5 Å². The summed E-state index contributed by atoms with van der Waals surface area (Å²) in [5.74, 6) is 0. The van der Waals surface area contributed by atoms with E-state index in [2.05, 4.69) is 15.9 Å². The lowest BCUT2D eigenvalue weighted by Crippen LogP contribution is -2.50. The Morgan fingerprint density at radius 2 is 2.26 bits per heavy atom. The van der Waals surface area contributed by atoms with Crippen LogP contribution in [0.4, 0.5) is 0 Å². The summed E-state index contributed by atoms with van der Waals surface area (Å²) >= 11 is 4.50. The van der Waals surface area contributed by atoms with Crippen molar-refractivity contribution < 1.29 is 18.3 Å². The second kappa shape index (κ2) is 5.79. The Labute approximate surface area is 125 Å². The average molecular weight is 370 g/mol. The third-order valence-corrected chi connectivity index (χ3v) is 7.22. The number of nitrogens with zero attached hydrogens (tertiary/aromatic N) is 1. The van der Waals surface area contributed by atoms with Gasteiger partial charge in [-0.1, -0.05) is 0 Å². The molecule has 0 aliphatic carbocycles. The van der Waals surface area contributed by atoms with E-state index in [0.717, 1.165) is 0 Å². The van der Waals surface area contributed by atoms with E-state index in [4.69, 9.17) is 9.84 Å². The van der Waals surface area contributed by atoms with E-state index in [-0.39, 0.29) is 23.6 Å². The summed E-state index contributed by atoms with van der Waals surface area (Å²) in [5.41, 5.74) is 0. The van der Waals surface area contributed by atoms with Crippen molar-refractivity contribution in [1.82, 2.24) is 4.31 Å². The first-order valence-corrected chi connectivity index (χ1v) is 8.93. The molecule has 2 atom stereocenters. The molecule has 1 fully saturated rings. The largest absolute Gasteiger partial charge is 0.391 e. The molecule has 0 saturated carbocycles. The summed E-state index contributed by atoms with van der Waals surface area (Å²) in [7, 11) is -3.56. The van der Waals surface area contributed by atoms with Crippen molar-refractivity contribution in [2.75, 3.05) is 13.2 Å². The molecule has 1 aromatic rings. The van der Waals surface area contributed by atoms with Gasteiger partial charge in [-0.15, -0.1) is 11.3 Å². The van der Waals surface area contributed by atoms with Crippen LogP contribution in [0.1, 0.15) is 18.7 Å². The quantitative estimate of drug-likeness (QED) is 0.881. The highest BCUT2D eigenvalue weighted by Gasteiger charge is 2.35. The van der Waals surface area contributed by atoms with Gasteiger partial charge in [-0.2, -0.15) is 4.31 Å². The van der Waals surface area contributed by atoms with Crippen LogP contribution >= 0.6 is 27.3 Å². The van der Waals surface area contributed by atoms with Crippen LogP contribution in [0.25, 0.3) is 0 Å². The summed E-state index contributed by atoms with van der Waals surface area (Å²) in [4.78, 5) is 0.849. The zero-order chi connectivity index (χ0) is 14.2. The minimum atomic E-state index is -3.56. The first-order valence-electron chi connectivity index (χ1n) is 5.88. The summed E-state index contributed by atoms with van der Waals surface area (Å²) in [6.45, 7) is 4.27. The van der Waals surface area contributed by atoms with Crippen LogP contribution in [0.2, 0.25) is 0 Å². The van der Waals surface area contributed by atoms with Gasteiger partial charge in [0.15, 0.2) is 0 Å². The molecule has 0 aromatic carbocycles. The normalized spacial score (nSPS) is 25.7. The Bertz CT molecular complexity index is 557. The smallest absolute Gasteiger partial charge is 0.245 e. The molecule has 1 aliphatic heterocycles. The molecule has 2 unspecified atom stereocenters. The molecule has 19 heavy (non-hydrogen) atoms. The summed E-state index contributed by atoms with van der Waals surface area (Å²) in [6.07, 6.45) is -0.110. The van der Waals surface area contributed by atoms with Gasteiger partial charge in [-0.3, -0.25) is 0 Å². The molecule has 0 bridgehead atoms. The van der Waals surface area contributed by atoms with Crippen molar-refractivity contribution in [3.63, 3.8) is 0 Å². The summed E-state index contributed by atoms with van der Waals surface area (Å²) in [5, 5.41) is 9.11. The minimum Gasteiger partial charge on any atom is -0.391 e. The molecule has 8 heteroatoms. The molecule has 5 nitrogen and oxygen atoms in total. The van der Waals surface area contributed by atoms with Crippen molar-refractivity contribution in [3.05, 3.63) is 14.7 Å². The van der Waals surface area contributed by atoms with E-state index in [0.29, 0.717) is 21.8 Å². The maximum Gasteiger partial charge on any atom is 0.245 e. The number of thiophene rings is 1. The van der Waals surface area contributed by atoms with Crippen LogP contribution in [0, 0.1) is 0 Å². The monoisotopic (exact) mass is 369 g/mol. The molecular weight excluding hydrogens is 354 g/mol. The molecule has 0 amide bonds. The number of ether oxygens (including phenoxy) is 1. The standard InChI is InChI=1S/C11H16BrNO4S2/c1-7-6-17-8(2)4-13(7)19(15,16)10-3-9(5-14)18-11(10)12/h3,7-8,14H,4-6H2,1-2H3. The number of hydrogen-bond donors (Lipinski definition) is 1. The van der Waals surface area contributed by atoms with Gasteiger partial charge in [0.25, 0.3) is 0 Å². The molecule has 2 rings (SSSR count). The van der Waals surface area contributed by atoms with Crippen LogP contribution in [0.15, 0.2) is 14.7 Å². The Kier molecular flexibility index (Phi) is 4.69. The van der Waals surface area contributed by atoms with Crippen molar-refractivity contribution >= 4 is 37.3 Å². The molecule has 1 N–H and O–H groups in total. The number of sulfonamides is 1. The van der Waals surface area contributed by atoms with Crippen LogP contribution in [-0.2, 0) is 21.4 Å². The highest BCUT2D eigenvalue weighted by molar-refractivity contribution is 9.11. The predicted molar refractivity (Wildman–Crippen MR) is 76.7 cm³/mol. The van der Waals surface area contributed by atoms with Crippen LogP contribution in [-0.4, -0.2) is 43.1 Å². The van der Waals surface area contributed by atoms with Gasteiger partial charge in [0.1, 0.15) is 4.90 Å². The highest BCUT2D eigenvalue weighted by atomic mass is 79.9. The van der Waals surface area contributed by atoms with Gasteiger partial charge < -0.3 is 9.84 Å². The maximum absolute atomic E-state index is 12.7. The van der Waals surface area contributed by atoms with E-state index in [1.54, 1.807) is 0 Å². The van der Waals surface area contributed by atoms with Crippen LogP contribution < -0.4 is 0 Å². The fourth-order valence-electron chi connectivity index (χ4n) is 1.99. The van der Waals surface area contributed by atoms with Crippen LogP contribution in [0.5, 0.6) is 0 Å². The third-order valence-electron chi connectivity index (χ3n) is 3.00. The van der Waals surface area contributed by atoms with Gasteiger partial charge >= 0.3 is 0 Å². The zero-order valence-electron chi connectivity index (χ0n) is 10.7. The summed E-state index contributed by atoms with van der Waals surface area (Å²) in [6, 6.07) is 1.34. The van der Waals surface area contributed by atoms with E-state index in [9.17, 15) is 8.42 Å². The van der Waals surface area contributed by atoms with Crippen molar-refractivity contribution in [1.29, 1.82) is 0 Å². The Morgan fingerprint density at radius 1 is 1.58 bits per heavy atom. The van der Waals surface area contributed by atoms with E-state index >= 15 is 0 Å². The maximum atomic E-state index is 12.7. The summed E-state index contributed by atoms with van der Waals surface area (Å²) < 4.78 is 32.8. The molecule has 108 valence electrons. The van der Waals surface area contributed by atoms with Gasteiger partial charge in [0.05, 0.1) is 23.1 Å². The predicted octanol–water partition coefficient (Wildman–Crippen LogP) is 1.80. The van der Waals surface area contributed by atoms with E-state index < -0.39 is 10.0 Å². The second-order valence-corrected chi connectivity index (χ2v) is 8.89. The Hall–Kier alpha value is 0.01000. The molecular formula is C11H16BrNO4S2.